The molecular formula is C13H19O6P. The van der Waals surface area contributed by atoms with Gasteiger partial charge in [-0.25, -0.2) is 0 Å². The molecule has 0 amide bonds. The van der Waals surface area contributed by atoms with Crippen LogP contribution in [-0.4, -0.2) is 24.8 Å². The molecular weight excluding hydrogens is 283 g/mol. The standard InChI is InChI=1S/C13H19O6P/c1-3-17-20(15,18-4-2)11-7-8-12(14)19-13(11)10-6-5-9-16-10/h5-6,9,11,13H,3-4,7-8H2,1-2H3/t11-,13+/m1/s1. The van der Waals surface area contributed by atoms with Crippen molar-refractivity contribution in [3.8, 4) is 0 Å². The molecule has 0 radical (unpaired) electrons. The molecule has 1 aromatic rings. The van der Waals surface area contributed by atoms with Crippen LogP contribution in [-0.2, 0) is 23.1 Å². The lowest BCUT2D eigenvalue weighted by Gasteiger charge is -2.33. The first-order chi connectivity index (χ1) is 9.60. The molecule has 0 unspecified atom stereocenters. The van der Waals surface area contributed by atoms with Gasteiger partial charge in [0.2, 0.25) is 0 Å². The third kappa shape index (κ3) is 3.14. The van der Waals surface area contributed by atoms with Gasteiger partial charge in [-0.15, -0.1) is 0 Å². The van der Waals surface area contributed by atoms with Gasteiger partial charge in [0.05, 0.1) is 19.5 Å². The molecule has 1 fully saturated rings. The number of cyclic esters (lactones) is 1. The average molecular weight is 302 g/mol. The summed E-state index contributed by atoms with van der Waals surface area (Å²) in [5, 5.41) is 0. The molecule has 1 saturated heterocycles. The van der Waals surface area contributed by atoms with Crippen LogP contribution in [0.15, 0.2) is 22.8 Å². The summed E-state index contributed by atoms with van der Waals surface area (Å²) in [6, 6.07) is 3.39. The summed E-state index contributed by atoms with van der Waals surface area (Å²) in [6.45, 7) is 4.05. The molecule has 6 nitrogen and oxygen atoms in total. The maximum atomic E-state index is 12.9. The van der Waals surface area contributed by atoms with E-state index < -0.39 is 19.4 Å². The third-order valence-electron chi connectivity index (χ3n) is 3.10. The summed E-state index contributed by atoms with van der Waals surface area (Å²) >= 11 is 0. The number of rotatable bonds is 6. The van der Waals surface area contributed by atoms with Crippen LogP contribution in [0, 0.1) is 0 Å². The molecule has 112 valence electrons. The summed E-state index contributed by atoms with van der Waals surface area (Å²) in [5.41, 5.74) is -0.536. The van der Waals surface area contributed by atoms with E-state index in [1.165, 1.54) is 6.26 Å². The van der Waals surface area contributed by atoms with Crippen molar-refractivity contribution in [1.29, 1.82) is 0 Å². The zero-order valence-corrected chi connectivity index (χ0v) is 12.5. The lowest BCUT2D eigenvalue weighted by Crippen LogP contribution is -2.31. The van der Waals surface area contributed by atoms with Crippen LogP contribution in [0.1, 0.15) is 38.6 Å². The lowest BCUT2D eigenvalue weighted by molar-refractivity contribution is -0.155. The summed E-state index contributed by atoms with van der Waals surface area (Å²) < 4.78 is 34.3. The van der Waals surface area contributed by atoms with Crippen LogP contribution in [0.3, 0.4) is 0 Å². The number of esters is 1. The Bertz CT molecular complexity index is 473. The normalized spacial score (nSPS) is 23.6. The molecule has 0 spiro atoms. The maximum absolute atomic E-state index is 12.9. The lowest BCUT2D eigenvalue weighted by atomic mass is 10.1. The fraction of sp³-hybridized carbons (Fsp3) is 0.615. The highest BCUT2D eigenvalue weighted by Gasteiger charge is 2.47. The molecule has 0 aliphatic carbocycles. The Kier molecular flexibility index (Phi) is 5.02. The van der Waals surface area contributed by atoms with Crippen molar-refractivity contribution in [2.75, 3.05) is 13.2 Å². The first-order valence-electron chi connectivity index (χ1n) is 6.72. The van der Waals surface area contributed by atoms with Crippen molar-refractivity contribution in [2.24, 2.45) is 0 Å². The summed E-state index contributed by atoms with van der Waals surface area (Å²) in [4.78, 5) is 11.5. The minimum atomic E-state index is -3.36. The van der Waals surface area contributed by atoms with E-state index in [0.717, 1.165) is 0 Å². The number of hydrogen-bond donors (Lipinski definition) is 0. The van der Waals surface area contributed by atoms with E-state index in [2.05, 4.69) is 0 Å². The van der Waals surface area contributed by atoms with Gasteiger partial charge in [0, 0.05) is 6.42 Å². The van der Waals surface area contributed by atoms with Gasteiger partial charge in [-0.05, 0) is 32.4 Å². The van der Waals surface area contributed by atoms with E-state index in [1.54, 1.807) is 26.0 Å². The average Bonchev–Trinajstić information content (AvgIpc) is 2.92. The van der Waals surface area contributed by atoms with E-state index in [9.17, 15) is 9.36 Å². The fourth-order valence-electron chi connectivity index (χ4n) is 2.31. The van der Waals surface area contributed by atoms with Gasteiger partial charge in [-0.3, -0.25) is 9.36 Å². The Morgan fingerprint density at radius 2 is 2.05 bits per heavy atom. The van der Waals surface area contributed by atoms with E-state index in [1.807, 2.05) is 0 Å². The minimum absolute atomic E-state index is 0.200. The predicted molar refractivity (Wildman–Crippen MR) is 71.4 cm³/mol. The van der Waals surface area contributed by atoms with Crippen LogP contribution in [0.2, 0.25) is 0 Å². The Morgan fingerprint density at radius 1 is 1.35 bits per heavy atom. The SMILES string of the molecule is CCOP(=O)(OCC)[C@@H]1CCC(=O)O[C@H]1c1ccco1. The molecule has 0 N–H and O–H groups in total. The van der Waals surface area contributed by atoms with Crippen molar-refractivity contribution in [3.63, 3.8) is 0 Å². The second-order valence-electron chi connectivity index (χ2n) is 4.41. The van der Waals surface area contributed by atoms with Gasteiger partial charge in [-0.2, -0.15) is 0 Å². The molecule has 0 saturated carbocycles. The van der Waals surface area contributed by atoms with Crippen LogP contribution < -0.4 is 0 Å². The molecule has 2 rings (SSSR count). The zero-order valence-electron chi connectivity index (χ0n) is 11.6. The van der Waals surface area contributed by atoms with Crippen molar-refractivity contribution in [1.82, 2.24) is 0 Å². The Labute approximate surface area is 117 Å². The van der Waals surface area contributed by atoms with Gasteiger partial charge in [0.15, 0.2) is 6.10 Å². The molecule has 1 aliphatic heterocycles. The monoisotopic (exact) mass is 302 g/mol. The quantitative estimate of drug-likeness (QED) is 0.593. The van der Waals surface area contributed by atoms with E-state index in [-0.39, 0.29) is 25.6 Å². The smallest absolute Gasteiger partial charge is 0.337 e. The number of carbonyl (C=O) groups is 1. The maximum Gasteiger partial charge on any atom is 0.337 e. The number of hydrogen-bond acceptors (Lipinski definition) is 6. The topological polar surface area (TPSA) is 75.0 Å². The van der Waals surface area contributed by atoms with Gasteiger partial charge in [0.25, 0.3) is 0 Å². The van der Waals surface area contributed by atoms with Crippen molar-refractivity contribution in [3.05, 3.63) is 24.2 Å². The molecule has 1 aromatic heterocycles. The second-order valence-corrected chi connectivity index (χ2v) is 6.67. The highest BCUT2D eigenvalue weighted by molar-refractivity contribution is 7.54. The first kappa shape index (κ1) is 15.3. The number of furan rings is 1. The summed E-state index contributed by atoms with van der Waals surface area (Å²) in [6.07, 6.45) is 1.35. The highest BCUT2D eigenvalue weighted by Crippen LogP contribution is 2.60. The van der Waals surface area contributed by atoms with Crippen LogP contribution in [0.25, 0.3) is 0 Å². The van der Waals surface area contributed by atoms with Crippen molar-refractivity contribution < 1.29 is 27.6 Å². The van der Waals surface area contributed by atoms with Crippen LogP contribution in [0.5, 0.6) is 0 Å². The molecule has 1 aliphatic rings. The Balaban J connectivity index is 2.30. The molecule has 0 bridgehead atoms. The van der Waals surface area contributed by atoms with Gasteiger partial charge < -0.3 is 18.2 Å². The third-order valence-corrected chi connectivity index (χ3v) is 5.68. The number of carbonyl (C=O) groups excluding carboxylic acids is 1. The largest absolute Gasteiger partial charge is 0.465 e. The first-order valence-corrected chi connectivity index (χ1v) is 8.33. The van der Waals surface area contributed by atoms with Gasteiger partial charge in [0.1, 0.15) is 11.4 Å². The highest BCUT2D eigenvalue weighted by atomic mass is 31.2. The van der Waals surface area contributed by atoms with E-state index in [0.29, 0.717) is 12.2 Å². The molecule has 2 heterocycles. The summed E-state index contributed by atoms with van der Waals surface area (Å²) in [5.74, 6) is 0.130. The second kappa shape index (κ2) is 6.57. The minimum Gasteiger partial charge on any atom is -0.465 e. The van der Waals surface area contributed by atoms with Crippen molar-refractivity contribution >= 4 is 13.6 Å². The van der Waals surface area contributed by atoms with Gasteiger partial charge in [-0.1, -0.05) is 0 Å². The predicted octanol–water partition coefficient (Wildman–Crippen LogP) is 3.29. The molecule has 0 aromatic carbocycles. The molecule has 7 heteroatoms. The van der Waals surface area contributed by atoms with E-state index >= 15 is 0 Å². The number of ether oxygens (including phenoxy) is 1. The summed E-state index contributed by atoms with van der Waals surface area (Å²) in [7, 11) is -3.36. The van der Waals surface area contributed by atoms with Gasteiger partial charge >= 0.3 is 13.6 Å². The molecule has 20 heavy (non-hydrogen) atoms. The van der Waals surface area contributed by atoms with Crippen LogP contribution in [0.4, 0.5) is 0 Å². The van der Waals surface area contributed by atoms with E-state index in [4.69, 9.17) is 18.2 Å². The molecule has 2 atom stereocenters. The Morgan fingerprint density at radius 3 is 2.60 bits per heavy atom. The Hall–Kier alpha value is -1.10. The van der Waals surface area contributed by atoms with Crippen LogP contribution >= 0.6 is 7.60 Å². The zero-order chi connectivity index (χ0) is 14.6. The fourth-order valence-corrected chi connectivity index (χ4v) is 4.47. The van der Waals surface area contributed by atoms with Crippen molar-refractivity contribution in [2.45, 2.75) is 38.5 Å².